The molecule has 0 amide bonds. The molecule has 0 aromatic heterocycles. The van der Waals surface area contributed by atoms with Crippen molar-refractivity contribution in [2.75, 3.05) is 28.4 Å². The van der Waals surface area contributed by atoms with Crippen molar-refractivity contribution in [2.24, 2.45) is 5.73 Å². The van der Waals surface area contributed by atoms with E-state index in [1.54, 1.807) is 35.4 Å². The first kappa shape index (κ1) is 52.9. The quantitative estimate of drug-likeness (QED) is 0.0539. The number of carboxylic acid groups (broad SMARTS) is 2. The monoisotopic (exact) mass is 894 g/mol. The van der Waals surface area contributed by atoms with E-state index < -0.39 is 24.0 Å². The summed E-state index contributed by atoms with van der Waals surface area (Å²) in [4.78, 5) is 32.0. The molecule has 0 fully saturated rings. The molecule has 0 aliphatic rings. The van der Waals surface area contributed by atoms with Crippen LogP contribution in [0.5, 0.6) is 23.0 Å². The van der Waals surface area contributed by atoms with Crippen molar-refractivity contribution in [3.63, 3.8) is 0 Å². The first-order valence-electron chi connectivity index (χ1n) is 20.8. The number of benzene rings is 6. The van der Waals surface area contributed by atoms with Gasteiger partial charge in [-0.2, -0.15) is 0 Å². The Morgan fingerprint density at radius 3 is 1.30 bits per heavy atom. The maximum absolute atomic E-state index is 11.3. The van der Waals surface area contributed by atoms with Gasteiger partial charge in [-0.05, 0) is 108 Å². The highest BCUT2D eigenvalue weighted by Crippen LogP contribution is 2.34. The van der Waals surface area contributed by atoms with Gasteiger partial charge in [-0.25, -0.2) is 0 Å². The van der Waals surface area contributed by atoms with Crippen LogP contribution in [0.2, 0.25) is 0 Å². The van der Waals surface area contributed by atoms with E-state index in [0.717, 1.165) is 34.1 Å². The minimum Gasteiger partial charge on any atom is -0.496 e. The molecule has 6 rings (SSSR count). The Balaban J connectivity index is 0.000000311. The summed E-state index contributed by atoms with van der Waals surface area (Å²) in [5, 5.41) is 20.0. The summed E-state index contributed by atoms with van der Waals surface area (Å²) in [7, 11) is 6.28. The van der Waals surface area contributed by atoms with Gasteiger partial charge in [0, 0.05) is 12.1 Å². The lowest BCUT2D eigenvalue weighted by Gasteiger charge is -2.16. The van der Waals surface area contributed by atoms with Crippen LogP contribution in [0.1, 0.15) is 70.6 Å². The van der Waals surface area contributed by atoms with Crippen molar-refractivity contribution in [2.45, 2.75) is 53.8 Å². The largest absolute Gasteiger partial charge is 0.496 e. The summed E-state index contributed by atoms with van der Waals surface area (Å²) < 4.78 is 21.8. The number of rotatable bonds is 16. The molecular weight excluding hydrogens is 833 g/mol. The van der Waals surface area contributed by atoms with Gasteiger partial charge >= 0.3 is 11.9 Å². The molecule has 346 valence electrons. The highest BCUT2D eigenvalue weighted by Gasteiger charge is 2.16. The van der Waals surface area contributed by atoms with Crippen LogP contribution < -0.4 is 30.0 Å². The third-order valence-electron chi connectivity index (χ3n) is 10.5. The van der Waals surface area contributed by atoms with E-state index in [9.17, 15) is 14.4 Å². The van der Waals surface area contributed by atoms with Crippen LogP contribution in [0.15, 0.2) is 121 Å². The molecule has 66 heavy (non-hydrogen) atoms. The number of carbonyl (C=O) groups excluding carboxylic acids is 1. The molecular formula is C55H62N2O9. The van der Waals surface area contributed by atoms with Gasteiger partial charge in [-0.3, -0.25) is 14.4 Å². The van der Waals surface area contributed by atoms with E-state index in [4.69, 9.17) is 34.9 Å². The summed E-state index contributed by atoms with van der Waals surface area (Å²) in [6, 6.07) is 39.4. The van der Waals surface area contributed by atoms with Crippen molar-refractivity contribution >= 4 is 42.5 Å². The van der Waals surface area contributed by atoms with Gasteiger partial charge in [-0.15, -0.1) is 0 Å². The van der Waals surface area contributed by atoms with Crippen molar-refractivity contribution in [1.82, 2.24) is 5.32 Å². The zero-order chi connectivity index (χ0) is 47.5. The summed E-state index contributed by atoms with van der Waals surface area (Å²) in [6.07, 6.45) is 8.92. The van der Waals surface area contributed by atoms with Gasteiger partial charge in [0.05, 0.1) is 34.0 Å². The second-order valence-electron chi connectivity index (χ2n) is 14.9. The Hall–Kier alpha value is -7.47. The summed E-state index contributed by atoms with van der Waals surface area (Å²) in [5.74, 6) is 0.413. The predicted octanol–water partition coefficient (Wildman–Crippen LogP) is 11.1. The second kappa shape index (κ2) is 26.3. The van der Waals surface area contributed by atoms with Gasteiger partial charge in [0.1, 0.15) is 35.1 Å². The summed E-state index contributed by atoms with van der Waals surface area (Å²) in [6.45, 7) is 7.59. The van der Waals surface area contributed by atoms with Crippen LogP contribution in [-0.2, 0) is 16.1 Å². The topological polar surface area (TPSA) is 167 Å². The fraction of sp³-hybridized carbons (Fsp3) is 0.218. The Labute approximate surface area is 389 Å². The van der Waals surface area contributed by atoms with Gasteiger partial charge in [-0.1, -0.05) is 129 Å². The van der Waals surface area contributed by atoms with Gasteiger partial charge in [0.2, 0.25) is 0 Å². The lowest BCUT2D eigenvalue weighted by atomic mass is 9.96. The summed E-state index contributed by atoms with van der Waals surface area (Å²) in [5.41, 5.74) is 17.3. The molecule has 0 spiro atoms. The number of aldehydes is 1. The third kappa shape index (κ3) is 14.5. The number of ether oxygens (including phenoxy) is 4. The molecule has 6 aromatic carbocycles. The molecule has 0 bridgehead atoms. The van der Waals surface area contributed by atoms with Crippen LogP contribution in [0.3, 0.4) is 0 Å². The van der Waals surface area contributed by atoms with E-state index in [1.807, 2.05) is 72.8 Å². The van der Waals surface area contributed by atoms with Crippen molar-refractivity contribution in [1.29, 1.82) is 0 Å². The van der Waals surface area contributed by atoms with E-state index in [0.29, 0.717) is 35.1 Å². The lowest BCUT2D eigenvalue weighted by Crippen LogP contribution is -2.33. The number of nitrogens with one attached hydrogen (secondary N) is 1. The molecule has 6 aromatic rings. The van der Waals surface area contributed by atoms with Crippen molar-refractivity contribution in [3.8, 4) is 45.3 Å². The lowest BCUT2D eigenvalue weighted by molar-refractivity contribution is -0.139. The Bertz CT molecular complexity index is 2540. The van der Waals surface area contributed by atoms with E-state index in [1.165, 1.54) is 40.3 Å². The highest BCUT2D eigenvalue weighted by molar-refractivity contribution is 5.86. The number of methoxy groups -OCH3 is 4. The highest BCUT2D eigenvalue weighted by atomic mass is 16.5. The van der Waals surface area contributed by atoms with Crippen LogP contribution in [0.4, 0.5) is 0 Å². The third-order valence-corrected chi connectivity index (χ3v) is 10.5. The molecule has 0 unspecified atom stereocenters. The first-order valence-corrected chi connectivity index (χ1v) is 20.8. The fourth-order valence-corrected chi connectivity index (χ4v) is 6.69. The number of hydrogen-bond acceptors (Lipinski definition) is 9. The average molecular weight is 895 g/mol. The molecule has 0 saturated carbocycles. The molecule has 0 saturated heterocycles. The van der Waals surface area contributed by atoms with Crippen LogP contribution >= 0.6 is 0 Å². The van der Waals surface area contributed by atoms with Crippen LogP contribution in [-0.4, -0.2) is 69.0 Å². The summed E-state index contributed by atoms with van der Waals surface area (Å²) >= 11 is 0. The SMILES string of the molecule is C.COc1cc(/C=C/c2cccc(-c3ccccc3)c2C)cc(OC)c1C=O.COc1cc(/C=C/c2cccc(-c3ccccc3)c2C)cc(OC)c1CN[C@@H](C)C(=O)O.C[C@H](N)C(=O)O. The van der Waals surface area contributed by atoms with Crippen LogP contribution in [0.25, 0.3) is 46.6 Å². The van der Waals surface area contributed by atoms with Gasteiger partial charge in [0.25, 0.3) is 0 Å². The maximum atomic E-state index is 11.3. The molecule has 0 aliphatic heterocycles. The van der Waals surface area contributed by atoms with Gasteiger partial charge in [0.15, 0.2) is 6.29 Å². The van der Waals surface area contributed by atoms with E-state index in [2.05, 4.69) is 92.0 Å². The Morgan fingerprint density at radius 1 is 0.591 bits per heavy atom. The standard InChI is InChI=1S/C27H29NO4.C24H22O3.C3H7NO2.CH4/c1-18-21(11-8-12-23(18)22-9-6-5-7-10-22)14-13-20-15-25(31-3)24(26(16-20)32-4)17-28-19(2)27(29)30;1-17-19(10-7-11-21(17)20-8-5-4-6-9-20)13-12-18-14-23(26-2)22(16-25)24(15-18)27-3;1-2(4)3(5)6;/h5-16,19,28H,17H2,1-4H3,(H,29,30);4-16H,1-3H3;2H,4H2,1H3,(H,5,6);1H4/b14-13+;13-12+;;/t19-;;2-;/m0.0./s1. The smallest absolute Gasteiger partial charge is 0.320 e. The number of hydrogen-bond donors (Lipinski definition) is 4. The molecule has 0 heterocycles. The molecule has 5 N–H and O–H groups in total. The zero-order valence-electron chi connectivity index (χ0n) is 38.1. The number of carboxylic acids is 2. The van der Waals surface area contributed by atoms with Gasteiger partial charge < -0.3 is 40.2 Å². The molecule has 11 heteroatoms. The van der Waals surface area contributed by atoms with Crippen molar-refractivity contribution < 1.29 is 43.5 Å². The minimum atomic E-state index is -0.963. The number of nitrogens with two attached hydrogens (primary N) is 1. The van der Waals surface area contributed by atoms with E-state index >= 15 is 0 Å². The molecule has 2 atom stereocenters. The maximum Gasteiger partial charge on any atom is 0.320 e. The first-order chi connectivity index (χ1) is 31.3. The zero-order valence-corrected chi connectivity index (χ0v) is 38.1. The Kier molecular flexibility index (Phi) is 21.1. The fourth-order valence-electron chi connectivity index (χ4n) is 6.69. The van der Waals surface area contributed by atoms with Crippen LogP contribution in [0, 0.1) is 13.8 Å². The number of aliphatic carboxylic acids is 2. The van der Waals surface area contributed by atoms with E-state index in [-0.39, 0.29) is 7.43 Å². The number of carbonyl (C=O) groups is 3. The van der Waals surface area contributed by atoms with Crippen molar-refractivity contribution in [3.05, 3.63) is 166 Å². The molecule has 11 nitrogen and oxygen atoms in total. The normalized spacial score (nSPS) is 11.5. The second-order valence-corrected chi connectivity index (χ2v) is 14.9. The Morgan fingerprint density at radius 2 is 0.970 bits per heavy atom. The average Bonchev–Trinajstić information content (AvgIpc) is 3.32. The minimum absolute atomic E-state index is 0. The molecule has 0 radical (unpaired) electrons. The molecule has 0 aliphatic carbocycles. The predicted molar refractivity (Wildman–Crippen MR) is 268 cm³/mol.